The number of hydrogen-bond donors (Lipinski definition) is 0. The van der Waals surface area contributed by atoms with Crippen molar-refractivity contribution in [2.75, 3.05) is 33.2 Å². The molecule has 1 spiro atoms. The van der Waals surface area contributed by atoms with Crippen molar-refractivity contribution >= 4 is 11.8 Å². The number of likely N-dealkylation sites (tertiary alicyclic amines) is 1. The van der Waals surface area contributed by atoms with E-state index >= 15 is 0 Å². The summed E-state index contributed by atoms with van der Waals surface area (Å²) in [5.41, 5.74) is -1.19. The molecular weight excluding hydrogens is 335 g/mol. The van der Waals surface area contributed by atoms with E-state index in [1.54, 1.807) is 17.3 Å². The summed E-state index contributed by atoms with van der Waals surface area (Å²) < 4.78 is 14.1. The molecule has 0 N–H and O–H groups in total. The predicted octanol–water partition coefficient (Wildman–Crippen LogP) is 1.22. The number of carbonyl (C=O) groups is 2. The summed E-state index contributed by atoms with van der Waals surface area (Å²) in [5.74, 6) is -0.269. The van der Waals surface area contributed by atoms with Crippen molar-refractivity contribution in [3.63, 3.8) is 0 Å². The third-order valence-electron chi connectivity index (χ3n) is 6.17. The largest absolute Gasteiger partial charge is 0.340 e. The molecule has 1 aromatic rings. The van der Waals surface area contributed by atoms with E-state index in [1.807, 2.05) is 24.1 Å². The molecule has 6 nitrogen and oxygen atoms in total. The molecule has 140 valence electrons. The average molecular weight is 360 g/mol. The van der Waals surface area contributed by atoms with Crippen LogP contribution in [0.15, 0.2) is 24.5 Å². The summed E-state index contributed by atoms with van der Waals surface area (Å²) in [7, 11) is 1.98. The first-order valence-corrected chi connectivity index (χ1v) is 9.32. The minimum Gasteiger partial charge on any atom is -0.340 e. The summed E-state index contributed by atoms with van der Waals surface area (Å²) in [6.07, 6.45) is 5.31. The second-order valence-corrected chi connectivity index (χ2v) is 7.80. The normalized spacial score (nSPS) is 24.8. The number of pyridine rings is 1. The van der Waals surface area contributed by atoms with Crippen molar-refractivity contribution < 1.29 is 14.0 Å². The van der Waals surface area contributed by atoms with Crippen molar-refractivity contribution in [2.24, 2.45) is 0 Å². The zero-order valence-corrected chi connectivity index (χ0v) is 15.2. The van der Waals surface area contributed by atoms with Crippen LogP contribution in [0.5, 0.6) is 0 Å². The SMILES string of the molecule is CN1CCN(Cc2cccnc2)C(=O)C12CCN(C(=O)C1(F)CC1)CC2. The molecule has 0 bridgehead atoms. The zero-order valence-electron chi connectivity index (χ0n) is 15.2. The summed E-state index contributed by atoms with van der Waals surface area (Å²) in [6.45, 7) is 2.93. The highest BCUT2D eigenvalue weighted by atomic mass is 19.1. The van der Waals surface area contributed by atoms with Crippen LogP contribution < -0.4 is 0 Å². The van der Waals surface area contributed by atoms with Crippen molar-refractivity contribution in [3.05, 3.63) is 30.1 Å². The lowest BCUT2D eigenvalue weighted by atomic mass is 9.82. The quantitative estimate of drug-likeness (QED) is 0.813. The third kappa shape index (κ3) is 2.88. The number of piperazine rings is 1. The van der Waals surface area contributed by atoms with Crippen LogP contribution in [0.4, 0.5) is 4.39 Å². The van der Waals surface area contributed by atoms with Gasteiger partial charge < -0.3 is 9.80 Å². The molecule has 1 saturated carbocycles. The van der Waals surface area contributed by atoms with Gasteiger partial charge in [-0.15, -0.1) is 0 Å². The lowest BCUT2D eigenvalue weighted by molar-refractivity contribution is -0.158. The molecule has 3 aliphatic rings. The van der Waals surface area contributed by atoms with Gasteiger partial charge in [-0.2, -0.15) is 0 Å². The fourth-order valence-electron chi connectivity index (χ4n) is 4.19. The number of aromatic nitrogens is 1. The number of amides is 2. The number of rotatable bonds is 3. The minimum atomic E-state index is -1.63. The third-order valence-corrected chi connectivity index (χ3v) is 6.17. The van der Waals surface area contributed by atoms with E-state index in [0.29, 0.717) is 51.9 Å². The number of carbonyl (C=O) groups excluding carboxylic acids is 2. The first-order valence-electron chi connectivity index (χ1n) is 9.32. The first-order chi connectivity index (χ1) is 12.4. The molecule has 2 aliphatic heterocycles. The molecular formula is C19H25FN4O2. The Bertz CT molecular complexity index is 699. The van der Waals surface area contributed by atoms with Gasteiger partial charge in [0.15, 0.2) is 5.67 Å². The smallest absolute Gasteiger partial charge is 0.260 e. The molecule has 2 amide bonds. The van der Waals surface area contributed by atoms with Gasteiger partial charge in [0.2, 0.25) is 5.91 Å². The van der Waals surface area contributed by atoms with Gasteiger partial charge in [0.05, 0.1) is 0 Å². The maximum absolute atomic E-state index is 14.1. The molecule has 0 atom stereocenters. The highest BCUT2D eigenvalue weighted by Crippen LogP contribution is 2.43. The van der Waals surface area contributed by atoms with Crippen LogP contribution in [0.2, 0.25) is 0 Å². The van der Waals surface area contributed by atoms with E-state index in [9.17, 15) is 14.0 Å². The highest BCUT2D eigenvalue weighted by Gasteiger charge is 2.55. The molecule has 1 aliphatic carbocycles. The summed E-state index contributed by atoms with van der Waals surface area (Å²) in [6, 6.07) is 3.85. The fourth-order valence-corrected chi connectivity index (χ4v) is 4.19. The Labute approximate surface area is 153 Å². The summed E-state index contributed by atoms with van der Waals surface area (Å²) >= 11 is 0. The number of hydrogen-bond acceptors (Lipinski definition) is 4. The van der Waals surface area contributed by atoms with Crippen LogP contribution in [0.1, 0.15) is 31.2 Å². The molecule has 0 radical (unpaired) electrons. The van der Waals surface area contributed by atoms with Crippen LogP contribution in [-0.2, 0) is 16.1 Å². The van der Waals surface area contributed by atoms with Crippen LogP contribution in [0.25, 0.3) is 0 Å². The molecule has 3 heterocycles. The maximum atomic E-state index is 14.1. The monoisotopic (exact) mass is 360 g/mol. The molecule has 3 fully saturated rings. The van der Waals surface area contributed by atoms with Crippen molar-refractivity contribution in [1.29, 1.82) is 0 Å². The van der Waals surface area contributed by atoms with E-state index < -0.39 is 11.2 Å². The number of alkyl halides is 1. The van der Waals surface area contributed by atoms with Gasteiger partial charge in [0, 0.05) is 45.1 Å². The van der Waals surface area contributed by atoms with Gasteiger partial charge in [0.1, 0.15) is 5.54 Å². The van der Waals surface area contributed by atoms with Crippen LogP contribution in [0, 0.1) is 0 Å². The Morgan fingerprint density at radius 2 is 1.92 bits per heavy atom. The van der Waals surface area contributed by atoms with Crippen LogP contribution in [-0.4, -0.2) is 75.9 Å². The van der Waals surface area contributed by atoms with Crippen LogP contribution >= 0.6 is 0 Å². The number of likely N-dealkylation sites (N-methyl/N-ethyl adjacent to an activating group) is 1. The first kappa shape index (κ1) is 17.4. The Hall–Kier alpha value is -2.02. The van der Waals surface area contributed by atoms with E-state index in [-0.39, 0.29) is 11.8 Å². The Morgan fingerprint density at radius 3 is 2.54 bits per heavy atom. The number of nitrogens with zero attached hydrogens (tertiary/aromatic N) is 4. The van der Waals surface area contributed by atoms with Crippen LogP contribution in [0.3, 0.4) is 0 Å². The number of halogens is 1. The topological polar surface area (TPSA) is 56.8 Å². The van der Waals surface area contributed by atoms with Gasteiger partial charge >= 0.3 is 0 Å². The predicted molar refractivity (Wildman–Crippen MR) is 93.9 cm³/mol. The Kier molecular flexibility index (Phi) is 4.22. The molecule has 7 heteroatoms. The second kappa shape index (κ2) is 6.30. The molecule has 2 saturated heterocycles. The van der Waals surface area contributed by atoms with E-state index in [1.165, 1.54) is 0 Å². The number of piperidine rings is 1. The molecule has 0 unspecified atom stereocenters. The summed E-state index contributed by atoms with van der Waals surface area (Å²) in [5, 5.41) is 0. The van der Waals surface area contributed by atoms with Crippen molar-refractivity contribution in [1.82, 2.24) is 19.7 Å². The maximum Gasteiger partial charge on any atom is 0.260 e. The van der Waals surface area contributed by atoms with Gasteiger partial charge in [0.25, 0.3) is 5.91 Å². The van der Waals surface area contributed by atoms with E-state index in [2.05, 4.69) is 9.88 Å². The summed E-state index contributed by atoms with van der Waals surface area (Å²) in [4.78, 5) is 35.3. The molecule has 4 rings (SSSR count). The second-order valence-electron chi connectivity index (χ2n) is 7.80. The lowest BCUT2D eigenvalue weighted by Gasteiger charge is -2.51. The van der Waals surface area contributed by atoms with Gasteiger partial charge in [-0.3, -0.25) is 19.5 Å². The molecule has 26 heavy (non-hydrogen) atoms. The van der Waals surface area contributed by atoms with E-state index in [0.717, 1.165) is 12.1 Å². The van der Waals surface area contributed by atoms with Crippen molar-refractivity contribution in [3.8, 4) is 0 Å². The van der Waals surface area contributed by atoms with E-state index in [4.69, 9.17) is 0 Å². The zero-order chi connectivity index (χ0) is 18.4. The molecule has 0 aromatic carbocycles. The molecule has 1 aromatic heterocycles. The minimum absolute atomic E-state index is 0.114. The van der Waals surface area contributed by atoms with Gasteiger partial charge in [-0.25, -0.2) is 4.39 Å². The standard InChI is InChI=1S/C19H25FN4O2/c1-22-11-12-24(14-15-3-2-8-21-13-15)17(26)19(22)6-9-23(10-7-19)16(25)18(20)4-5-18/h2-3,8,13H,4-7,9-12,14H2,1H3. The lowest BCUT2D eigenvalue weighted by Crippen LogP contribution is -2.68. The average Bonchev–Trinajstić information content (AvgIpc) is 3.42. The van der Waals surface area contributed by atoms with Gasteiger partial charge in [-0.1, -0.05) is 6.07 Å². The Morgan fingerprint density at radius 1 is 1.19 bits per heavy atom. The fraction of sp³-hybridized carbons (Fsp3) is 0.632. The Balaban J connectivity index is 1.46. The van der Waals surface area contributed by atoms with Gasteiger partial charge in [-0.05, 0) is 44.4 Å². The highest BCUT2D eigenvalue weighted by molar-refractivity contribution is 5.90. The van der Waals surface area contributed by atoms with Crippen molar-refractivity contribution in [2.45, 2.75) is 43.4 Å².